The summed E-state index contributed by atoms with van der Waals surface area (Å²) in [5, 5.41) is 6.67. The highest BCUT2D eigenvalue weighted by Gasteiger charge is 2.15. The molecule has 0 aliphatic rings. The van der Waals surface area contributed by atoms with Gasteiger partial charge in [-0.15, -0.1) is 0 Å². The average molecular weight is 253 g/mol. The first kappa shape index (κ1) is 14.2. The van der Waals surface area contributed by atoms with Gasteiger partial charge in [-0.05, 0) is 38.7 Å². The van der Waals surface area contributed by atoms with E-state index >= 15 is 0 Å². The number of nitrogens with one attached hydrogen (secondary N) is 2. The van der Waals surface area contributed by atoms with E-state index in [9.17, 15) is 0 Å². The van der Waals surface area contributed by atoms with Crippen molar-refractivity contribution in [3.05, 3.63) is 18.2 Å². The number of anilines is 2. The van der Waals surface area contributed by atoms with Crippen molar-refractivity contribution in [3.63, 3.8) is 0 Å². The molecular weight excluding hydrogens is 230 g/mol. The lowest BCUT2D eigenvalue weighted by Gasteiger charge is -2.22. The van der Waals surface area contributed by atoms with Gasteiger partial charge < -0.3 is 10.6 Å². The van der Waals surface area contributed by atoms with Crippen LogP contribution in [0.15, 0.2) is 18.2 Å². The van der Waals surface area contributed by atoms with Crippen LogP contribution in [0.1, 0.15) is 27.2 Å². The van der Waals surface area contributed by atoms with Gasteiger partial charge in [0.15, 0.2) is 0 Å². The molecule has 0 aliphatic carbocycles. The molecule has 0 spiro atoms. The lowest BCUT2D eigenvalue weighted by molar-refractivity contribution is 0.750. The van der Waals surface area contributed by atoms with E-state index in [1.165, 1.54) is 0 Å². The lowest BCUT2D eigenvalue weighted by atomic mass is 10.2. The third kappa shape index (κ3) is 5.31. The molecule has 1 rings (SSSR count). The first-order valence-electron chi connectivity index (χ1n) is 6.07. The largest absolute Gasteiger partial charge is 0.370 e. The molecule has 0 unspecified atom stereocenters. The van der Waals surface area contributed by atoms with E-state index in [1.807, 2.05) is 30.0 Å². The minimum absolute atomic E-state index is 0.231. The van der Waals surface area contributed by atoms with Crippen molar-refractivity contribution in [1.29, 1.82) is 0 Å². The molecule has 0 amide bonds. The maximum Gasteiger partial charge on any atom is 0.128 e. The van der Waals surface area contributed by atoms with Crippen molar-refractivity contribution in [2.45, 2.75) is 31.9 Å². The summed E-state index contributed by atoms with van der Waals surface area (Å²) >= 11 is 1.86. The fourth-order valence-corrected chi connectivity index (χ4v) is 1.48. The predicted octanol–water partition coefficient (Wildman–Crippen LogP) is 3.46. The van der Waals surface area contributed by atoms with Crippen molar-refractivity contribution in [2.24, 2.45) is 0 Å². The number of rotatable bonds is 7. The molecule has 0 bridgehead atoms. The molecule has 0 radical (unpaired) electrons. The van der Waals surface area contributed by atoms with Crippen molar-refractivity contribution in [3.8, 4) is 0 Å². The molecule has 2 N–H and O–H groups in total. The molecule has 17 heavy (non-hydrogen) atoms. The maximum absolute atomic E-state index is 4.52. The van der Waals surface area contributed by atoms with Crippen LogP contribution in [0.25, 0.3) is 0 Å². The number of nitrogens with zero attached hydrogens (tertiary/aromatic N) is 1. The third-order valence-electron chi connectivity index (χ3n) is 2.55. The zero-order valence-electron chi connectivity index (χ0n) is 11.2. The standard InChI is InChI=1S/C13H23N3S/c1-5-9-14-11-7-6-8-12(16-11)15-10-13(2,3)17-4/h6-8H,5,9-10H2,1-4H3,(H2,14,15,16). The summed E-state index contributed by atoms with van der Waals surface area (Å²) in [7, 11) is 0. The molecule has 0 aliphatic heterocycles. The molecule has 1 aromatic rings. The Kier molecular flexibility index (Phi) is 5.62. The Bertz CT molecular complexity index is 339. The van der Waals surface area contributed by atoms with Crippen molar-refractivity contribution in [1.82, 2.24) is 4.98 Å². The number of aromatic nitrogens is 1. The van der Waals surface area contributed by atoms with Crippen LogP contribution in [0.3, 0.4) is 0 Å². The Morgan fingerprint density at radius 2 is 1.88 bits per heavy atom. The quantitative estimate of drug-likeness (QED) is 0.780. The lowest BCUT2D eigenvalue weighted by Crippen LogP contribution is -2.26. The predicted molar refractivity (Wildman–Crippen MR) is 79.1 cm³/mol. The van der Waals surface area contributed by atoms with E-state index in [0.717, 1.165) is 31.1 Å². The van der Waals surface area contributed by atoms with Crippen LogP contribution >= 0.6 is 11.8 Å². The average Bonchev–Trinajstić information content (AvgIpc) is 2.35. The zero-order valence-corrected chi connectivity index (χ0v) is 12.0. The second-order valence-electron chi connectivity index (χ2n) is 4.65. The molecule has 1 aromatic heterocycles. The Labute approximate surface area is 109 Å². The smallest absolute Gasteiger partial charge is 0.128 e. The number of hydrogen-bond acceptors (Lipinski definition) is 4. The summed E-state index contributed by atoms with van der Waals surface area (Å²) in [5.41, 5.74) is 0. The molecule has 0 fully saturated rings. The highest BCUT2D eigenvalue weighted by Crippen LogP contribution is 2.21. The molecule has 0 atom stereocenters. The fraction of sp³-hybridized carbons (Fsp3) is 0.615. The first-order valence-corrected chi connectivity index (χ1v) is 7.30. The van der Waals surface area contributed by atoms with Crippen LogP contribution in [0.2, 0.25) is 0 Å². The van der Waals surface area contributed by atoms with E-state index in [0.29, 0.717) is 0 Å². The fourth-order valence-electron chi connectivity index (χ4n) is 1.26. The number of pyridine rings is 1. The normalized spacial score (nSPS) is 11.3. The van der Waals surface area contributed by atoms with E-state index in [1.54, 1.807) is 0 Å². The summed E-state index contributed by atoms with van der Waals surface area (Å²) < 4.78 is 0.231. The third-order valence-corrected chi connectivity index (χ3v) is 3.80. The van der Waals surface area contributed by atoms with Crippen molar-refractivity contribution >= 4 is 23.4 Å². The molecule has 0 saturated heterocycles. The topological polar surface area (TPSA) is 37.0 Å². The van der Waals surface area contributed by atoms with Gasteiger partial charge in [0, 0.05) is 17.8 Å². The summed E-state index contributed by atoms with van der Waals surface area (Å²) in [6, 6.07) is 6.04. The van der Waals surface area contributed by atoms with Gasteiger partial charge in [-0.25, -0.2) is 4.98 Å². The first-order chi connectivity index (χ1) is 8.07. The summed E-state index contributed by atoms with van der Waals surface area (Å²) in [5.74, 6) is 1.88. The van der Waals surface area contributed by atoms with Gasteiger partial charge in [-0.1, -0.05) is 13.0 Å². The van der Waals surface area contributed by atoms with Crippen LogP contribution in [0, 0.1) is 0 Å². The highest BCUT2D eigenvalue weighted by atomic mass is 32.2. The Hall–Kier alpha value is -0.900. The summed E-state index contributed by atoms with van der Waals surface area (Å²) in [4.78, 5) is 4.52. The number of hydrogen-bond donors (Lipinski definition) is 2. The SMILES string of the molecule is CCCNc1cccc(NCC(C)(C)SC)n1. The molecule has 4 heteroatoms. The van der Waals surface area contributed by atoms with Crippen LogP contribution in [0.4, 0.5) is 11.6 Å². The molecule has 1 heterocycles. The van der Waals surface area contributed by atoms with Gasteiger partial charge in [0.05, 0.1) is 0 Å². The Balaban J connectivity index is 2.53. The van der Waals surface area contributed by atoms with Gasteiger partial charge in [0.2, 0.25) is 0 Å². The Morgan fingerprint density at radius 3 is 2.47 bits per heavy atom. The summed E-state index contributed by atoms with van der Waals surface area (Å²) in [6.07, 6.45) is 3.24. The van der Waals surface area contributed by atoms with Crippen LogP contribution in [-0.4, -0.2) is 29.1 Å². The van der Waals surface area contributed by atoms with Gasteiger partial charge >= 0.3 is 0 Å². The molecule has 0 saturated carbocycles. The van der Waals surface area contributed by atoms with Gasteiger partial charge in [-0.3, -0.25) is 0 Å². The molecule has 3 nitrogen and oxygen atoms in total. The van der Waals surface area contributed by atoms with Gasteiger partial charge in [-0.2, -0.15) is 11.8 Å². The minimum Gasteiger partial charge on any atom is -0.370 e. The van der Waals surface area contributed by atoms with Gasteiger partial charge in [0.1, 0.15) is 11.6 Å². The molecule has 96 valence electrons. The van der Waals surface area contributed by atoms with E-state index in [4.69, 9.17) is 0 Å². The van der Waals surface area contributed by atoms with Crippen LogP contribution in [0.5, 0.6) is 0 Å². The van der Waals surface area contributed by atoms with E-state index < -0.39 is 0 Å². The Morgan fingerprint density at radius 1 is 1.24 bits per heavy atom. The molecular formula is C13H23N3S. The highest BCUT2D eigenvalue weighted by molar-refractivity contribution is 7.99. The van der Waals surface area contributed by atoms with Crippen molar-refractivity contribution < 1.29 is 0 Å². The van der Waals surface area contributed by atoms with E-state index in [2.05, 4.69) is 42.6 Å². The van der Waals surface area contributed by atoms with Gasteiger partial charge in [0.25, 0.3) is 0 Å². The van der Waals surface area contributed by atoms with Crippen LogP contribution in [-0.2, 0) is 0 Å². The van der Waals surface area contributed by atoms with Crippen LogP contribution < -0.4 is 10.6 Å². The zero-order chi connectivity index (χ0) is 12.7. The monoisotopic (exact) mass is 253 g/mol. The second-order valence-corrected chi connectivity index (χ2v) is 6.17. The number of thioether (sulfide) groups is 1. The second kappa shape index (κ2) is 6.74. The van der Waals surface area contributed by atoms with Crippen molar-refractivity contribution in [2.75, 3.05) is 30.0 Å². The molecule has 0 aromatic carbocycles. The maximum atomic E-state index is 4.52. The minimum atomic E-state index is 0.231. The van der Waals surface area contributed by atoms with E-state index in [-0.39, 0.29) is 4.75 Å². The summed E-state index contributed by atoms with van der Waals surface area (Å²) in [6.45, 7) is 8.48.